The van der Waals surface area contributed by atoms with E-state index in [9.17, 15) is 0 Å². The summed E-state index contributed by atoms with van der Waals surface area (Å²) in [6, 6.07) is 5.83. The van der Waals surface area contributed by atoms with Gasteiger partial charge >= 0.3 is 0 Å². The molecule has 0 aliphatic carbocycles. The van der Waals surface area contributed by atoms with Gasteiger partial charge in [-0.2, -0.15) is 5.26 Å². The summed E-state index contributed by atoms with van der Waals surface area (Å²) < 4.78 is 5.79. The van der Waals surface area contributed by atoms with Gasteiger partial charge in [0.25, 0.3) is 9.04 Å². The zero-order valence-corrected chi connectivity index (χ0v) is 12.4. The van der Waals surface area contributed by atoms with Crippen LogP contribution in [0.4, 0.5) is 0 Å². The van der Waals surface area contributed by atoms with Gasteiger partial charge in [-0.25, -0.2) is 0 Å². The Labute approximate surface area is 114 Å². The predicted molar refractivity (Wildman–Crippen MR) is 73.1 cm³/mol. The van der Waals surface area contributed by atoms with Crippen molar-refractivity contribution in [2.24, 2.45) is 0 Å². The Morgan fingerprint density at radius 3 is 2.65 bits per heavy atom. The molecule has 2 nitrogen and oxygen atoms in total. The second-order valence-electron chi connectivity index (χ2n) is 3.87. The van der Waals surface area contributed by atoms with Gasteiger partial charge in [-0.1, -0.05) is 29.3 Å². The average Bonchev–Trinajstić information content (AvgIpc) is 2.27. The first kappa shape index (κ1) is 14.4. The highest BCUT2D eigenvalue weighted by molar-refractivity contribution is 6.50. The maximum absolute atomic E-state index is 8.53. The first-order valence-corrected chi connectivity index (χ1v) is 8.54. The van der Waals surface area contributed by atoms with Gasteiger partial charge in [0.1, 0.15) is 10.8 Å². The van der Waals surface area contributed by atoms with Crippen LogP contribution in [0.3, 0.4) is 0 Å². The van der Waals surface area contributed by atoms with E-state index in [1.54, 1.807) is 6.07 Å². The van der Waals surface area contributed by atoms with E-state index in [0.29, 0.717) is 22.2 Å². The van der Waals surface area contributed by atoms with Crippen molar-refractivity contribution in [3.63, 3.8) is 0 Å². The van der Waals surface area contributed by atoms with Crippen LogP contribution in [-0.4, -0.2) is 9.04 Å². The van der Waals surface area contributed by atoms with Crippen molar-refractivity contribution in [1.29, 1.82) is 5.26 Å². The third-order valence-electron chi connectivity index (χ3n) is 2.17. The lowest BCUT2D eigenvalue weighted by Gasteiger charge is -2.15. The highest BCUT2D eigenvalue weighted by Gasteiger charge is 2.13. The Hall–Kier alpha value is -0.693. The highest BCUT2D eigenvalue weighted by atomic mass is 35.5. The summed E-state index contributed by atoms with van der Waals surface area (Å²) in [6.07, 6.45) is 2.13. The summed E-state index contributed by atoms with van der Waals surface area (Å²) in [5.41, 5.74) is 1.03. The first-order chi connectivity index (χ1) is 8.06. The van der Waals surface area contributed by atoms with Crippen molar-refractivity contribution in [1.82, 2.24) is 0 Å². The summed E-state index contributed by atoms with van der Waals surface area (Å²) in [6.45, 7) is 4.09. The molecule has 1 aromatic carbocycles. The van der Waals surface area contributed by atoms with Crippen LogP contribution < -0.4 is 4.43 Å². The second kappa shape index (κ2) is 6.90. The number of hydrogen-bond donors (Lipinski definition) is 0. The molecule has 0 saturated heterocycles. The molecule has 0 saturated carbocycles. The molecule has 0 amide bonds. The van der Waals surface area contributed by atoms with E-state index in [4.69, 9.17) is 32.9 Å². The molecule has 0 fully saturated rings. The van der Waals surface area contributed by atoms with Gasteiger partial charge in [-0.15, -0.1) is 0 Å². The zero-order chi connectivity index (χ0) is 12.8. The standard InChI is InChI=1S/C12H14Cl2NOSi/c1-17(2)16-12-9(5-3-4-8-15)6-7-10(13)11(12)14/h6-7H,3-5H2,1-2H3. The monoisotopic (exact) mass is 286 g/mol. The van der Waals surface area contributed by atoms with Crippen LogP contribution >= 0.6 is 23.2 Å². The van der Waals surface area contributed by atoms with E-state index in [1.807, 2.05) is 19.2 Å². The SMILES string of the molecule is C[Si](C)Oc1c(CCCC#N)ccc(Cl)c1Cl. The summed E-state index contributed by atoms with van der Waals surface area (Å²) in [4.78, 5) is 0. The molecule has 0 bridgehead atoms. The van der Waals surface area contributed by atoms with E-state index in [0.717, 1.165) is 18.4 Å². The number of nitrogens with zero attached hydrogens (tertiary/aromatic N) is 1. The number of hydrogen-bond acceptors (Lipinski definition) is 2. The van der Waals surface area contributed by atoms with Crippen LogP contribution in [0.1, 0.15) is 18.4 Å². The minimum absolute atomic E-state index is 0.479. The van der Waals surface area contributed by atoms with Gasteiger partial charge in [0.2, 0.25) is 0 Å². The summed E-state index contributed by atoms with van der Waals surface area (Å²) in [5, 5.41) is 9.52. The van der Waals surface area contributed by atoms with Crippen molar-refractivity contribution >= 4 is 32.2 Å². The van der Waals surface area contributed by atoms with Gasteiger partial charge in [0, 0.05) is 6.42 Å². The molecule has 1 rings (SSSR count). The van der Waals surface area contributed by atoms with Crippen molar-refractivity contribution in [3.8, 4) is 11.8 Å². The molecule has 0 heterocycles. The third kappa shape index (κ3) is 4.23. The number of benzene rings is 1. The minimum Gasteiger partial charge on any atom is -0.541 e. The lowest BCUT2D eigenvalue weighted by Crippen LogP contribution is -2.13. The normalized spacial score (nSPS) is 10.4. The summed E-state index contributed by atoms with van der Waals surface area (Å²) >= 11 is 12.1. The van der Waals surface area contributed by atoms with E-state index in [-0.39, 0.29) is 0 Å². The number of rotatable bonds is 5. The van der Waals surface area contributed by atoms with Gasteiger partial charge in [0.15, 0.2) is 0 Å². The van der Waals surface area contributed by atoms with Gasteiger partial charge in [-0.3, -0.25) is 0 Å². The Morgan fingerprint density at radius 2 is 2.06 bits per heavy atom. The van der Waals surface area contributed by atoms with E-state index >= 15 is 0 Å². The van der Waals surface area contributed by atoms with Gasteiger partial charge < -0.3 is 4.43 Å². The third-order valence-corrected chi connectivity index (χ3v) is 3.57. The molecule has 0 spiro atoms. The largest absolute Gasteiger partial charge is 0.541 e. The topological polar surface area (TPSA) is 33.0 Å². The molecular weight excluding hydrogens is 273 g/mol. The number of unbranched alkanes of at least 4 members (excludes halogenated alkanes) is 1. The van der Waals surface area contributed by atoms with E-state index in [2.05, 4.69) is 6.07 Å². The molecule has 0 unspecified atom stereocenters. The molecule has 0 aliphatic heterocycles. The van der Waals surface area contributed by atoms with Crippen LogP contribution in [-0.2, 0) is 6.42 Å². The van der Waals surface area contributed by atoms with E-state index in [1.165, 1.54) is 0 Å². The Balaban J connectivity index is 2.95. The van der Waals surface area contributed by atoms with Crippen molar-refractivity contribution in [2.45, 2.75) is 32.4 Å². The number of aryl methyl sites for hydroxylation is 1. The molecule has 5 heteroatoms. The quantitative estimate of drug-likeness (QED) is 0.591. The zero-order valence-electron chi connectivity index (χ0n) is 9.89. The van der Waals surface area contributed by atoms with Crippen LogP contribution in [0.15, 0.2) is 12.1 Å². The van der Waals surface area contributed by atoms with Crippen LogP contribution in [0.25, 0.3) is 0 Å². The van der Waals surface area contributed by atoms with Crippen molar-refractivity contribution in [3.05, 3.63) is 27.7 Å². The number of halogens is 2. The smallest absolute Gasteiger partial charge is 0.274 e. The van der Waals surface area contributed by atoms with Gasteiger partial charge in [-0.05, 0) is 37.6 Å². The van der Waals surface area contributed by atoms with Gasteiger partial charge in [0.05, 0.1) is 11.1 Å². The molecule has 17 heavy (non-hydrogen) atoms. The maximum Gasteiger partial charge on any atom is 0.274 e. The number of nitriles is 1. The van der Waals surface area contributed by atoms with E-state index < -0.39 is 9.04 Å². The maximum atomic E-state index is 8.53. The molecule has 0 N–H and O–H groups in total. The Kier molecular flexibility index (Phi) is 5.83. The fourth-order valence-corrected chi connectivity index (χ4v) is 2.52. The predicted octanol–water partition coefficient (Wildman–Crippen LogP) is 4.47. The molecule has 1 radical (unpaired) electrons. The minimum atomic E-state index is -0.886. The van der Waals surface area contributed by atoms with Crippen molar-refractivity contribution in [2.75, 3.05) is 0 Å². The summed E-state index contributed by atoms with van der Waals surface area (Å²) in [5.74, 6) is 0.691. The molecule has 0 aromatic heterocycles. The molecular formula is C12H14Cl2NOSi. The second-order valence-corrected chi connectivity index (χ2v) is 6.68. The molecule has 0 atom stereocenters. The Bertz CT molecular complexity index is 429. The van der Waals surface area contributed by atoms with Crippen molar-refractivity contribution < 1.29 is 4.43 Å². The summed E-state index contributed by atoms with van der Waals surface area (Å²) in [7, 11) is -0.886. The lowest BCUT2D eigenvalue weighted by molar-refractivity contribution is 0.569. The first-order valence-electron chi connectivity index (χ1n) is 5.38. The Morgan fingerprint density at radius 1 is 1.35 bits per heavy atom. The van der Waals surface area contributed by atoms with Crippen LogP contribution in [0, 0.1) is 11.3 Å². The molecule has 91 valence electrons. The highest BCUT2D eigenvalue weighted by Crippen LogP contribution is 2.36. The molecule has 1 aromatic rings. The van der Waals surface area contributed by atoms with Crippen LogP contribution in [0.2, 0.25) is 23.1 Å². The molecule has 0 aliphatic rings. The average molecular weight is 287 g/mol. The fraction of sp³-hybridized carbons (Fsp3) is 0.417. The van der Waals surface area contributed by atoms with Crippen LogP contribution in [0.5, 0.6) is 5.75 Å². The fourth-order valence-electron chi connectivity index (χ4n) is 1.44. The lowest BCUT2D eigenvalue weighted by atomic mass is 10.1.